The van der Waals surface area contributed by atoms with E-state index in [-0.39, 0.29) is 6.10 Å². The zero-order valence-corrected chi connectivity index (χ0v) is 4.51. The van der Waals surface area contributed by atoms with Crippen LogP contribution in [0.3, 0.4) is 0 Å². The van der Waals surface area contributed by atoms with Gasteiger partial charge in [0.25, 0.3) is 0 Å². The molecule has 0 aromatic carbocycles. The van der Waals surface area contributed by atoms with Crippen LogP contribution in [0.2, 0.25) is 0 Å². The Morgan fingerprint density at radius 3 is 2.50 bits per heavy atom. The summed E-state index contributed by atoms with van der Waals surface area (Å²) < 4.78 is 8.93. The molecule has 1 fully saturated rings. The number of ether oxygens (including phenoxy) is 2. The summed E-state index contributed by atoms with van der Waals surface area (Å²) in [6, 6.07) is 0. The second-order valence-corrected chi connectivity index (χ2v) is 1.58. The smallest absolute Gasteiger partial charge is 0.423 e. The summed E-state index contributed by atoms with van der Waals surface area (Å²) >= 11 is 0. The molecule has 0 saturated carbocycles. The van der Waals surface area contributed by atoms with Gasteiger partial charge in [-0.1, -0.05) is 6.58 Å². The number of rotatable bonds is 0. The maximum atomic E-state index is 10.2. The van der Waals surface area contributed by atoms with Crippen LogP contribution in [0.25, 0.3) is 0 Å². The van der Waals surface area contributed by atoms with Crippen LogP contribution in [0.4, 0.5) is 4.79 Å². The van der Waals surface area contributed by atoms with Crippen LogP contribution >= 0.6 is 0 Å². The van der Waals surface area contributed by atoms with E-state index in [1.54, 1.807) is 6.92 Å². The molecule has 0 aliphatic carbocycles. The Morgan fingerprint density at radius 2 is 2.38 bits per heavy atom. The molecule has 1 atom stereocenters. The van der Waals surface area contributed by atoms with Crippen LogP contribution in [0.1, 0.15) is 6.92 Å². The molecule has 44 valence electrons. The standard InChI is InChI=1S/C5H6O3/c1-3-4(2)8-5(6)7-3/h4H,1H2,2H3. The van der Waals surface area contributed by atoms with Crippen molar-refractivity contribution in [3.63, 3.8) is 0 Å². The SMILES string of the molecule is C=C1OC(=O)OC1C. The minimum atomic E-state index is -0.650. The fraction of sp³-hybridized carbons (Fsp3) is 0.400. The Labute approximate surface area is 46.9 Å². The summed E-state index contributed by atoms with van der Waals surface area (Å²) in [6.45, 7) is 5.12. The lowest BCUT2D eigenvalue weighted by atomic mass is 10.4. The maximum absolute atomic E-state index is 10.2. The van der Waals surface area contributed by atoms with Gasteiger partial charge in [-0.3, -0.25) is 0 Å². The fourth-order valence-electron chi connectivity index (χ4n) is 0.424. The van der Waals surface area contributed by atoms with Crippen molar-refractivity contribution in [3.8, 4) is 0 Å². The summed E-state index contributed by atoms with van der Waals surface area (Å²) in [5.74, 6) is 0.384. The van der Waals surface area contributed by atoms with Crippen molar-refractivity contribution < 1.29 is 14.3 Å². The van der Waals surface area contributed by atoms with Crippen molar-refractivity contribution in [2.45, 2.75) is 13.0 Å². The van der Waals surface area contributed by atoms with Gasteiger partial charge in [-0.15, -0.1) is 0 Å². The lowest BCUT2D eigenvalue weighted by Crippen LogP contribution is -1.99. The molecule has 8 heavy (non-hydrogen) atoms. The maximum Gasteiger partial charge on any atom is 0.514 e. The Balaban J connectivity index is 2.64. The highest BCUT2D eigenvalue weighted by Crippen LogP contribution is 2.15. The number of hydrogen-bond donors (Lipinski definition) is 0. The minimum absolute atomic E-state index is 0.275. The first-order valence-electron chi connectivity index (χ1n) is 2.27. The van der Waals surface area contributed by atoms with Crippen LogP contribution in [0.15, 0.2) is 12.3 Å². The van der Waals surface area contributed by atoms with Crippen molar-refractivity contribution in [1.29, 1.82) is 0 Å². The third kappa shape index (κ3) is 0.665. The van der Waals surface area contributed by atoms with E-state index in [4.69, 9.17) is 0 Å². The van der Waals surface area contributed by atoms with Gasteiger partial charge in [0.1, 0.15) is 5.76 Å². The van der Waals surface area contributed by atoms with E-state index in [1.165, 1.54) is 0 Å². The molecule has 0 N–H and O–H groups in total. The van der Waals surface area contributed by atoms with Crippen molar-refractivity contribution in [1.82, 2.24) is 0 Å². The number of carbonyl (C=O) groups is 1. The fourth-order valence-corrected chi connectivity index (χ4v) is 0.424. The Hall–Kier alpha value is -0.990. The largest absolute Gasteiger partial charge is 0.514 e. The second kappa shape index (κ2) is 1.51. The van der Waals surface area contributed by atoms with Gasteiger partial charge in [0.2, 0.25) is 0 Å². The van der Waals surface area contributed by atoms with Crippen LogP contribution in [-0.4, -0.2) is 12.3 Å². The zero-order chi connectivity index (χ0) is 6.15. The Morgan fingerprint density at radius 1 is 1.75 bits per heavy atom. The van der Waals surface area contributed by atoms with Gasteiger partial charge in [-0.05, 0) is 6.92 Å². The molecule has 0 amide bonds. The van der Waals surface area contributed by atoms with Gasteiger partial charge in [-0.25, -0.2) is 4.79 Å². The predicted octanol–water partition coefficient (Wildman–Crippen LogP) is 1.06. The molecule has 3 heteroatoms. The van der Waals surface area contributed by atoms with Gasteiger partial charge < -0.3 is 9.47 Å². The molecule has 1 aliphatic heterocycles. The molecule has 1 unspecified atom stereocenters. The second-order valence-electron chi connectivity index (χ2n) is 1.58. The molecule has 1 saturated heterocycles. The van der Waals surface area contributed by atoms with Crippen LogP contribution in [-0.2, 0) is 9.47 Å². The number of hydrogen-bond acceptors (Lipinski definition) is 3. The van der Waals surface area contributed by atoms with Crippen LogP contribution < -0.4 is 0 Å². The van der Waals surface area contributed by atoms with E-state index in [0.717, 1.165) is 0 Å². The van der Waals surface area contributed by atoms with Gasteiger partial charge in [0.15, 0.2) is 6.10 Å². The molecule has 0 radical (unpaired) electrons. The van der Waals surface area contributed by atoms with E-state index in [2.05, 4.69) is 16.1 Å². The van der Waals surface area contributed by atoms with Crippen molar-refractivity contribution in [2.24, 2.45) is 0 Å². The molecule has 0 spiro atoms. The molecule has 0 aromatic rings. The van der Waals surface area contributed by atoms with Crippen LogP contribution in [0, 0.1) is 0 Å². The molecule has 1 rings (SSSR count). The number of cyclic esters (lactones) is 2. The third-order valence-corrected chi connectivity index (χ3v) is 0.941. The lowest BCUT2D eigenvalue weighted by Gasteiger charge is -1.92. The van der Waals surface area contributed by atoms with E-state index < -0.39 is 6.16 Å². The van der Waals surface area contributed by atoms with Gasteiger partial charge >= 0.3 is 6.16 Å². The topological polar surface area (TPSA) is 35.5 Å². The third-order valence-electron chi connectivity index (χ3n) is 0.941. The number of carbonyl (C=O) groups excluding carboxylic acids is 1. The van der Waals surface area contributed by atoms with E-state index in [1.807, 2.05) is 0 Å². The highest BCUT2D eigenvalue weighted by molar-refractivity contribution is 5.64. The first-order valence-corrected chi connectivity index (χ1v) is 2.27. The van der Waals surface area contributed by atoms with Crippen molar-refractivity contribution in [3.05, 3.63) is 12.3 Å². The Bertz CT molecular complexity index is 139. The molecule has 1 aliphatic rings. The monoisotopic (exact) mass is 114 g/mol. The van der Waals surface area contributed by atoms with Gasteiger partial charge in [0.05, 0.1) is 0 Å². The summed E-state index contributed by atoms with van der Waals surface area (Å²) in [5, 5.41) is 0. The predicted molar refractivity (Wildman–Crippen MR) is 26.2 cm³/mol. The zero-order valence-electron chi connectivity index (χ0n) is 4.51. The van der Waals surface area contributed by atoms with Crippen molar-refractivity contribution >= 4 is 6.16 Å². The first-order chi connectivity index (χ1) is 3.70. The molecule has 0 bridgehead atoms. The van der Waals surface area contributed by atoms with E-state index in [0.29, 0.717) is 5.76 Å². The molecule has 1 heterocycles. The summed E-state index contributed by atoms with van der Waals surface area (Å²) in [6.07, 6.45) is -0.926. The molecule has 3 nitrogen and oxygen atoms in total. The molecule has 0 aromatic heterocycles. The van der Waals surface area contributed by atoms with Gasteiger partial charge in [0, 0.05) is 0 Å². The highest BCUT2D eigenvalue weighted by atomic mass is 16.8. The van der Waals surface area contributed by atoms with E-state index in [9.17, 15) is 4.79 Å². The van der Waals surface area contributed by atoms with Crippen LogP contribution in [0.5, 0.6) is 0 Å². The first kappa shape index (κ1) is 5.15. The average molecular weight is 114 g/mol. The van der Waals surface area contributed by atoms with E-state index >= 15 is 0 Å². The lowest BCUT2D eigenvalue weighted by molar-refractivity contribution is 0.122. The quantitative estimate of drug-likeness (QED) is 0.441. The summed E-state index contributed by atoms with van der Waals surface area (Å²) in [5.41, 5.74) is 0. The molecular weight excluding hydrogens is 108 g/mol. The summed E-state index contributed by atoms with van der Waals surface area (Å²) in [4.78, 5) is 10.2. The minimum Gasteiger partial charge on any atom is -0.423 e. The molecular formula is C5H6O3. The highest BCUT2D eigenvalue weighted by Gasteiger charge is 2.24. The summed E-state index contributed by atoms with van der Waals surface area (Å²) in [7, 11) is 0. The average Bonchev–Trinajstić information content (AvgIpc) is 1.85. The van der Waals surface area contributed by atoms with Crippen molar-refractivity contribution in [2.75, 3.05) is 0 Å². The Kier molecular flexibility index (Phi) is 0.970. The normalized spacial score (nSPS) is 27.4. The van der Waals surface area contributed by atoms with Gasteiger partial charge in [-0.2, -0.15) is 0 Å².